The number of carbonyl (C=O) groups excluding carboxylic acids is 1. The molecule has 1 aliphatic carbocycles. The Morgan fingerprint density at radius 1 is 0.917 bits per heavy atom. The van der Waals surface area contributed by atoms with Crippen molar-refractivity contribution in [3.63, 3.8) is 0 Å². The molecule has 0 bridgehead atoms. The summed E-state index contributed by atoms with van der Waals surface area (Å²) in [5.74, 6) is 0.364. The van der Waals surface area contributed by atoms with Crippen LogP contribution in [0.3, 0.4) is 0 Å². The largest absolute Gasteiger partial charge is 0.334 e. The molecule has 2 N–H and O–H groups in total. The first-order chi connectivity index (χ1) is 11.7. The third kappa shape index (κ3) is 2.84. The maximum atomic E-state index is 13.1. The van der Waals surface area contributed by atoms with Crippen LogP contribution in [0.2, 0.25) is 0 Å². The van der Waals surface area contributed by atoms with Crippen LogP contribution in [0.1, 0.15) is 36.8 Å². The van der Waals surface area contributed by atoms with Crippen LogP contribution in [-0.2, 0) is 17.9 Å². The van der Waals surface area contributed by atoms with Crippen LogP contribution in [0.4, 0.5) is 0 Å². The van der Waals surface area contributed by atoms with Crippen LogP contribution in [0.25, 0.3) is 11.1 Å². The van der Waals surface area contributed by atoms with Crippen molar-refractivity contribution < 1.29 is 4.79 Å². The molecule has 2 aromatic carbocycles. The highest BCUT2D eigenvalue weighted by Crippen LogP contribution is 2.34. The van der Waals surface area contributed by atoms with Gasteiger partial charge in [-0.05, 0) is 41.5 Å². The third-order valence-electron chi connectivity index (χ3n) is 5.42. The minimum atomic E-state index is 0.0891. The Hall–Kier alpha value is -2.13. The van der Waals surface area contributed by atoms with Crippen molar-refractivity contribution in [3.8, 4) is 11.1 Å². The Bertz CT molecular complexity index is 708. The summed E-state index contributed by atoms with van der Waals surface area (Å²) in [4.78, 5) is 15.2. The average Bonchev–Trinajstić information content (AvgIpc) is 2.78. The average molecular weight is 320 g/mol. The lowest BCUT2D eigenvalue weighted by atomic mass is 9.85. The van der Waals surface area contributed by atoms with Crippen LogP contribution in [-0.4, -0.2) is 16.8 Å². The third-order valence-corrected chi connectivity index (χ3v) is 5.42. The van der Waals surface area contributed by atoms with Gasteiger partial charge in [0.2, 0.25) is 5.91 Å². The normalized spacial score (nSPS) is 23.1. The number of nitrogens with zero attached hydrogens (tertiary/aromatic N) is 1. The van der Waals surface area contributed by atoms with Crippen molar-refractivity contribution in [2.75, 3.05) is 0 Å². The van der Waals surface area contributed by atoms with Gasteiger partial charge in [-0.25, -0.2) is 0 Å². The molecule has 0 radical (unpaired) electrons. The summed E-state index contributed by atoms with van der Waals surface area (Å²) in [6.45, 7) is 1.38. The van der Waals surface area contributed by atoms with Crippen LogP contribution in [0, 0.1) is 5.92 Å². The Balaban J connectivity index is 1.68. The van der Waals surface area contributed by atoms with E-state index in [0.717, 1.165) is 25.7 Å². The van der Waals surface area contributed by atoms with E-state index in [0.29, 0.717) is 13.1 Å². The van der Waals surface area contributed by atoms with Gasteiger partial charge >= 0.3 is 0 Å². The molecule has 2 aliphatic rings. The van der Waals surface area contributed by atoms with E-state index in [1.807, 2.05) is 4.90 Å². The molecule has 0 spiro atoms. The fourth-order valence-electron chi connectivity index (χ4n) is 4.17. The van der Waals surface area contributed by atoms with Gasteiger partial charge in [-0.1, -0.05) is 55.0 Å². The number of hydrogen-bond donors (Lipinski definition) is 1. The number of fused-ring (bicyclic) bond motifs is 3. The van der Waals surface area contributed by atoms with Crippen LogP contribution in [0.5, 0.6) is 0 Å². The Morgan fingerprint density at radius 3 is 2.08 bits per heavy atom. The van der Waals surface area contributed by atoms with Gasteiger partial charge in [-0.3, -0.25) is 4.79 Å². The lowest BCUT2D eigenvalue weighted by Gasteiger charge is -2.31. The SMILES string of the molecule is NC1CCCC(C(=O)N2Cc3ccccc3-c3ccccc3C2)C1. The highest BCUT2D eigenvalue weighted by molar-refractivity contribution is 5.81. The molecule has 2 atom stereocenters. The topological polar surface area (TPSA) is 46.3 Å². The molecule has 1 amide bonds. The molecule has 3 nitrogen and oxygen atoms in total. The molecule has 0 aromatic heterocycles. The van der Waals surface area contributed by atoms with Crippen molar-refractivity contribution >= 4 is 5.91 Å². The standard InChI is InChI=1S/C21H24N2O/c22-18-9-5-8-15(12-18)21(24)23-13-16-6-1-3-10-19(16)20-11-4-2-7-17(20)14-23/h1-4,6-7,10-11,15,18H,5,8-9,12-14,22H2. The van der Waals surface area contributed by atoms with Crippen LogP contribution in [0.15, 0.2) is 48.5 Å². The maximum Gasteiger partial charge on any atom is 0.226 e. The summed E-state index contributed by atoms with van der Waals surface area (Å²) in [6.07, 6.45) is 3.93. The van der Waals surface area contributed by atoms with Crippen molar-refractivity contribution in [3.05, 3.63) is 59.7 Å². The second kappa shape index (κ2) is 6.40. The van der Waals surface area contributed by atoms with E-state index < -0.39 is 0 Å². The van der Waals surface area contributed by atoms with Gasteiger partial charge in [0.1, 0.15) is 0 Å². The Morgan fingerprint density at radius 2 is 1.50 bits per heavy atom. The lowest BCUT2D eigenvalue weighted by molar-refractivity contribution is -0.138. The molecule has 24 heavy (non-hydrogen) atoms. The molecule has 1 fully saturated rings. The van der Waals surface area contributed by atoms with Gasteiger partial charge < -0.3 is 10.6 Å². The second-order valence-corrected chi connectivity index (χ2v) is 7.13. The van der Waals surface area contributed by atoms with E-state index in [1.54, 1.807) is 0 Å². The summed E-state index contributed by atoms with van der Waals surface area (Å²) < 4.78 is 0. The van der Waals surface area contributed by atoms with E-state index in [1.165, 1.54) is 22.3 Å². The zero-order chi connectivity index (χ0) is 16.5. The predicted molar refractivity (Wildman–Crippen MR) is 96.1 cm³/mol. The molecule has 1 heterocycles. The predicted octanol–water partition coefficient (Wildman–Crippen LogP) is 3.71. The molecule has 3 heteroatoms. The van der Waals surface area contributed by atoms with Crippen molar-refractivity contribution in [2.24, 2.45) is 11.7 Å². The lowest BCUT2D eigenvalue weighted by Crippen LogP contribution is -2.39. The molecule has 124 valence electrons. The summed E-state index contributed by atoms with van der Waals surface area (Å²) in [5, 5.41) is 0. The first-order valence-corrected chi connectivity index (χ1v) is 8.93. The van der Waals surface area contributed by atoms with Gasteiger partial charge in [0.15, 0.2) is 0 Å². The second-order valence-electron chi connectivity index (χ2n) is 7.13. The maximum absolute atomic E-state index is 13.1. The van der Waals surface area contributed by atoms with Crippen molar-refractivity contribution in [1.29, 1.82) is 0 Å². The monoisotopic (exact) mass is 320 g/mol. The number of amides is 1. The van der Waals surface area contributed by atoms with Gasteiger partial charge in [0, 0.05) is 25.0 Å². The highest BCUT2D eigenvalue weighted by Gasteiger charge is 2.31. The fraction of sp³-hybridized carbons (Fsp3) is 0.381. The molecule has 2 aromatic rings. The summed E-state index contributed by atoms with van der Waals surface area (Å²) >= 11 is 0. The quantitative estimate of drug-likeness (QED) is 0.870. The van der Waals surface area contributed by atoms with Crippen molar-refractivity contribution in [2.45, 2.75) is 44.8 Å². The van der Waals surface area contributed by atoms with Crippen LogP contribution >= 0.6 is 0 Å². The zero-order valence-corrected chi connectivity index (χ0v) is 13.9. The molecule has 1 aliphatic heterocycles. The van der Waals surface area contributed by atoms with Crippen LogP contribution < -0.4 is 5.73 Å². The first-order valence-electron chi connectivity index (χ1n) is 8.93. The Kier molecular flexibility index (Phi) is 4.11. The number of rotatable bonds is 1. The van der Waals surface area contributed by atoms with E-state index in [4.69, 9.17) is 5.73 Å². The number of nitrogens with two attached hydrogens (primary N) is 1. The van der Waals surface area contributed by atoms with Gasteiger partial charge in [0.25, 0.3) is 0 Å². The highest BCUT2D eigenvalue weighted by atomic mass is 16.2. The fourth-order valence-corrected chi connectivity index (χ4v) is 4.17. The molecule has 1 saturated carbocycles. The summed E-state index contributed by atoms with van der Waals surface area (Å²) in [7, 11) is 0. The number of benzene rings is 2. The summed E-state index contributed by atoms with van der Waals surface area (Å²) in [6, 6.07) is 17.1. The van der Waals surface area contributed by atoms with Crippen molar-refractivity contribution in [1.82, 2.24) is 4.90 Å². The van der Waals surface area contributed by atoms with Gasteiger partial charge in [-0.15, -0.1) is 0 Å². The van der Waals surface area contributed by atoms with Gasteiger partial charge in [-0.2, -0.15) is 0 Å². The minimum Gasteiger partial charge on any atom is -0.334 e. The minimum absolute atomic E-state index is 0.0891. The Labute approximate surface area is 143 Å². The number of hydrogen-bond acceptors (Lipinski definition) is 2. The number of carbonyl (C=O) groups is 1. The molecule has 0 saturated heterocycles. The zero-order valence-electron chi connectivity index (χ0n) is 13.9. The summed E-state index contributed by atoms with van der Waals surface area (Å²) in [5.41, 5.74) is 11.1. The first kappa shape index (κ1) is 15.4. The molecular weight excluding hydrogens is 296 g/mol. The molecule has 4 rings (SSSR count). The smallest absolute Gasteiger partial charge is 0.226 e. The van der Waals surface area contributed by atoms with E-state index >= 15 is 0 Å². The van der Waals surface area contributed by atoms with E-state index in [-0.39, 0.29) is 17.9 Å². The van der Waals surface area contributed by atoms with Gasteiger partial charge in [0.05, 0.1) is 0 Å². The molecule has 2 unspecified atom stereocenters. The van der Waals surface area contributed by atoms with E-state index in [9.17, 15) is 4.79 Å². The molecular formula is C21H24N2O. The van der Waals surface area contributed by atoms with E-state index in [2.05, 4.69) is 48.5 Å².